The molecule has 6 nitrogen and oxygen atoms in total. The topological polar surface area (TPSA) is 77.1 Å². The first-order valence-corrected chi connectivity index (χ1v) is 12.2. The van der Waals surface area contributed by atoms with Crippen molar-refractivity contribution in [3.05, 3.63) is 99.5 Å². The number of fused-ring (bicyclic) bond motifs is 3. The third kappa shape index (κ3) is 4.79. The van der Waals surface area contributed by atoms with Crippen LogP contribution in [0.1, 0.15) is 22.3 Å². The zero-order valence-corrected chi connectivity index (χ0v) is 20.3. The number of nitriles is 1. The van der Waals surface area contributed by atoms with Gasteiger partial charge >= 0.3 is 5.69 Å². The molecule has 0 saturated heterocycles. The van der Waals surface area contributed by atoms with Gasteiger partial charge < -0.3 is 9.47 Å². The van der Waals surface area contributed by atoms with Gasteiger partial charge in [-0.2, -0.15) is 10.2 Å². The molecule has 0 N–H and O–H groups in total. The van der Waals surface area contributed by atoms with E-state index in [1.54, 1.807) is 11.7 Å². The maximum Gasteiger partial charge on any atom is 0.349 e. The fourth-order valence-electron chi connectivity index (χ4n) is 4.19. The zero-order chi connectivity index (χ0) is 24.4. The van der Waals surface area contributed by atoms with E-state index >= 15 is 0 Å². The fraction of sp³-hybridized carbons (Fsp3) is 0.179. The van der Waals surface area contributed by atoms with E-state index in [4.69, 9.17) is 9.47 Å². The molecule has 0 atom stereocenters. The van der Waals surface area contributed by atoms with Crippen molar-refractivity contribution >= 4 is 11.8 Å². The number of hydrogen-bond acceptors (Lipinski definition) is 6. The second kappa shape index (κ2) is 9.69. The Hall–Kier alpha value is -4.02. The first-order valence-electron chi connectivity index (χ1n) is 11.2. The van der Waals surface area contributed by atoms with E-state index < -0.39 is 0 Å². The number of hydrogen-bond donors (Lipinski definition) is 0. The monoisotopic (exact) mass is 481 g/mol. The molecule has 5 rings (SSSR count). The molecule has 2 heterocycles. The first kappa shape index (κ1) is 22.8. The quantitative estimate of drug-likeness (QED) is 0.258. The van der Waals surface area contributed by atoms with Gasteiger partial charge in [-0.3, -0.25) is 4.57 Å². The molecule has 0 spiro atoms. The maximum atomic E-state index is 12.7. The van der Waals surface area contributed by atoms with Crippen molar-refractivity contribution in [3.8, 4) is 34.6 Å². The lowest BCUT2D eigenvalue weighted by Gasteiger charge is -2.22. The van der Waals surface area contributed by atoms with Crippen molar-refractivity contribution in [2.75, 3.05) is 7.11 Å². The smallest absolute Gasteiger partial charge is 0.349 e. The van der Waals surface area contributed by atoms with Crippen LogP contribution in [0.2, 0.25) is 0 Å². The summed E-state index contributed by atoms with van der Waals surface area (Å²) in [6, 6.07) is 23.4. The first-order chi connectivity index (χ1) is 17.0. The molecule has 174 valence electrons. The van der Waals surface area contributed by atoms with Gasteiger partial charge in [0.15, 0.2) is 0 Å². The summed E-state index contributed by atoms with van der Waals surface area (Å²) < 4.78 is 13.0. The van der Waals surface area contributed by atoms with E-state index in [0.717, 1.165) is 40.1 Å². The van der Waals surface area contributed by atoms with Crippen LogP contribution in [-0.4, -0.2) is 16.7 Å². The summed E-state index contributed by atoms with van der Waals surface area (Å²) in [6.07, 6.45) is 0.765. The Morgan fingerprint density at radius 2 is 1.97 bits per heavy atom. The average molecular weight is 482 g/mol. The molecule has 35 heavy (non-hydrogen) atoms. The molecule has 0 aliphatic carbocycles. The van der Waals surface area contributed by atoms with Crippen LogP contribution in [0, 0.1) is 18.3 Å². The number of aryl methyl sites for hydroxylation is 2. The minimum absolute atomic E-state index is 0.244. The van der Waals surface area contributed by atoms with Gasteiger partial charge in [-0.25, -0.2) is 4.79 Å². The molecular weight excluding hydrogens is 458 g/mol. The molecule has 0 unspecified atom stereocenters. The highest BCUT2D eigenvalue weighted by Gasteiger charge is 2.19. The minimum atomic E-state index is -0.244. The van der Waals surface area contributed by atoms with Crippen LogP contribution in [0.5, 0.6) is 17.2 Å². The van der Waals surface area contributed by atoms with Gasteiger partial charge in [-0.05, 0) is 78.6 Å². The van der Waals surface area contributed by atoms with Gasteiger partial charge in [-0.15, -0.1) is 11.8 Å². The summed E-state index contributed by atoms with van der Waals surface area (Å²) in [5, 5.41) is 10.3. The van der Waals surface area contributed by atoms with Gasteiger partial charge in [0, 0.05) is 17.9 Å². The predicted molar refractivity (Wildman–Crippen MR) is 136 cm³/mol. The second-order valence-electron chi connectivity index (χ2n) is 8.34. The van der Waals surface area contributed by atoms with Gasteiger partial charge in [0.2, 0.25) is 0 Å². The summed E-state index contributed by atoms with van der Waals surface area (Å²) in [5.41, 5.74) is 5.32. The summed E-state index contributed by atoms with van der Waals surface area (Å²) >= 11 is 1.47. The van der Waals surface area contributed by atoms with Crippen LogP contribution in [0.4, 0.5) is 0 Å². The Balaban J connectivity index is 1.37. The molecular formula is C28H23N3O3S. The normalized spacial score (nSPS) is 11.8. The zero-order valence-electron chi connectivity index (χ0n) is 19.4. The Kier molecular flexibility index (Phi) is 6.30. The highest BCUT2D eigenvalue weighted by atomic mass is 32.2. The second-order valence-corrected chi connectivity index (χ2v) is 9.33. The van der Waals surface area contributed by atoms with E-state index in [-0.39, 0.29) is 5.69 Å². The number of methoxy groups -OCH3 is 1. The molecule has 1 aliphatic heterocycles. The van der Waals surface area contributed by atoms with Crippen LogP contribution >= 0.6 is 11.8 Å². The van der Waals surface area contributed by atoms with Crippen LogP contribution in [0.25, 0.3) is 11.3 Å². The lowest BCUT2D eigenvalue weighted by Crippen LogP contribution is -2.28. The van der Waals surface area contributed by atoms with Crippen molar-refractivity contribution in [3.63, 3.8) is 0 Å². The lowest BCUT2D eigenvalue weighted by atomic mass is 9.97. The van der Waals surface area contributed by atoms with Gasteiger partial charge in [0.25, 0.3) is 0 Å². The van der Waals surface area contributed by atoms with E-state index in [1.807, 2.05) is 73.7 Å². The predicted octanol–water partition coefficient (Wildman–Crippen LogP) is 5.74. The summed E-state index contributed by atoms with van der Waals surface area (Å²) in [6.45, 7) is 2.59. The molecule has 0 saturated carbocycles. The van der Waals surface area contributed by atoms with Crippen LogP contribution in [-0.2, 0) is 18.7 Å². The van der Waals surface area contributed by atoms with Crippen molar-refractivity contribution < 1.29 is 9.47 Å². The Labute approximate surface area is 207 Å². The van der Waals surface area contributed by atoms with Crippen LogP contribution in [0.15, 0.2) is 76.6 Å². The molecule has 3 aromatic carbocycles. The van der Waals surface area contributed by atoms with Crippen LogP contribution < -0.4 is 15.2 Å². The number of benzene rings is 3. The largest absolute Gasteiger partial charge is 0.497 e. The van der Waals surface area contributed by atoms with E-state index in [0.29, 0.717) is 34.4 Å². The highest BCUT2D eigenvalue weighted by Crippen LogP contribution is 2.34. The van der Waals surface area contributed by atoms with E-state index in [2.05, 4.69) is 11.1 Å². The van der Waals surface area contributed by atoms with Crippen molar-refractivity contribution in [1.82, 2.24) is 9.55 Å². The summed E-state index contributed by atoms with van der Waals surface area (Å²) in [7, 11) is 1.65. The maximum absolute atomic E-state index is 12.7. The Morgan fingerprint density at radius 1 is 1.09 bits per heavy atom. The molecule has 0 bridgehead atoms. The SMILES string of the molecule is COc1ccc2c(c1)CCn1c-2cc(SCc2ccc(Oc3cccc(C)c3)c(C#N)c2)nc1=O. The highest BCUT2D eigenvalue weighted by molar-refractivity contribution is 7.98. The molecule has 7 heteroatoms. The third-order valence-electron chi connectivity index (χ3n) is 5.95. The molecule has 0 radical (unpaired) electrons. The average Bonchev–Trinajstić information content (AvgIpc) is 2.87. The molecule has 4 aromatic rings. The van der Waals surface area contributed by atoms with Crippen molar-refractivity contribution in [2.24, 2.45) is 0 Å². The standard InChI is InChI=1S/C28H23N3O3S/c1-18-4-3-5-23(12-18)34-26-9-6-19(13-21(26)16-29)17-35-27-15-25-24-8-7-22(33-2)14-20(24)10-11-31(25)28(32)30-27/h3-9,12-15H,10-11,17H2,1-2H3. The molecule has 1 aliphatic rings. The van der Waals surface area contributed by atoms with Gasteiger partial charge in [0.05, 0.1) is 18.4 Å². The summed E-state index contributed by atoms with van der Waals surface area (Å²) in [4.78, 5) is 17.0. The van der Waals surface area contributed by atoms with Crippen molar-refractivity contribution in [1.29, 1.82) is 5.26 Å². The lowest BCUT2D eigenvalue weighted by molar-refractivity contribution is 0.414. The minimum Gasteiger partial charge on any atom is -0.497 e. The number of ether oxygens (including phenoxy) is 2. The van der Waals surface area contributed by atoms with Gasteiger partial charge in [0.1, 0.15) is 28.3 Å². The molecule has 0 amide bonds. The molecule has 1 aromatic heterocycles. The Bertz CT molecular complexity index is 1520. The van der Waals surface area contributed by atoms with Crippen LogP contribution in [0.3, 0.4) is 0 Å². The Morgan fingerprint density at radius 3 is 2.77 bits per heavy atom. The van der Waals surface area contributed by atoms with Gasteiger partial charge in [-0.1, -0.05) is 18.2 Å². The number of aromatic nitrogens is 2. The third-order valence-corrected chi connectivity index (χ3v) is 6.93. The van der Waals surface area contributed by atoms with Crippen molar-refractivity contribution in [2.45, 2.75) is 30.7 Å². The number of rotatable bonds is 6. The fourth-order valence-corrected chi connectivity index (χ4v) is 5.02. The van der Waals surface area contributed by atoms with E-state index in [9.17, 15) is 10.1 Å². The number of nitrogens with zero attached hydrogens (tertiary/aromatic N) is 3. The van der Waals surface area contributed by atoms with E-state index in [1.165, 1.54) is 11.8 Å². The molecule has 0 fully saturated rings. The number of thioether (sulfide) groups is 1. The summed E-state index contributed by atoms with van der Waals surface area (Å²) in [5.74, 6) is 2.60.